The predicted octanol–water partition coefficient (Wildman–Crippen LogP) is 13.4. The maximum Gasteiger partial charge on any atom is 0.0619 e. The molecule has 1 aliphatic rings. The first kappa shape index (κ1) is 29.5. The Labute approximate surface area is 298 Å². The van der Waals surface area contributed by atoms with Crippen molar-refractivity contribution in [3.05, 3.63) is 193 Å². The molecule has 10 rings (SSSR count). The van der Waals surface area contributed by atoms with Gasteiger partial charge in [0.15, 0.2) is 0 Å². The van der Waals surface area contributed by atoms with Crippen molar-refractivity contribution in [1.29, 1.82) is 0 Å². The maximum atomic E-state index is 2.46. The average Bonchev–Trinajstić information content (AvgIpc) is 3.64. The van der Waals surface area contributed by atoms with Gasteiger partial charge in [0.25, 0.3) is 0 Å². The van der Waals surface area contributed by atoms with Gasteiger partial charge in [0.05, 0.1) is 16.7 Å². The van der Waals surface area contributed by atoms with Crippen LogP contribution in [0.25, 0.3) is 60.5 Å². The Morgan fingerprint density at radius 2 is 1.10 bits per heavy atom. The number of rotatable bonds is 5. The zero-order chi connectivity index (χ0) is 34.1. The molecule has 8 aromatic carbocycles. The molecule has 0 radical (unpaired) electrons. The molecule has 0 spiro atoms. The van der Waals surface area contributed by atoms with E-state index in [0.29, 0.717) is 0 Å². The Morgan fingerprint density at radius 3 is 1.94 bits per heavy atom. The van der Waals surface area contributed by atoms with Gasteiger partial charge < -0.3 is 9.47 Å². The summed E-state index contributed by atoms with van der Waals surface area (Å²) in [6.45, 7) is 4.69. The zero-order valence-electron chi connectivity index (χ0n) is 28.7. The molecule has 51 heavy (non-hydrogen) atoms. The Morgan fingerprint density at radius 1 is 0.451 bits per heavy atom. The molecule has 242 valence electrons. The average molecular weight is 653 g/mol. The Balaban J connectivity index is 1.26. The van der Waals surface area contributed by atoms with Gasteiger partial charge in [-0.2, -0.15) is 0 Å². The number of fused-ring (bicyclic) bond motifs is 8. The first-order valence-corrected chi connectivity index (χ1v) is 17.8. The normalized spacial score (nSPS) is 13.1. The highest BCUT2D eigenvalue weighted by molar-refractivity contribution is 6.19. The first-order valence-electron chi connectivity index (χ1n) is 17.8. The topological polar surface area (TPSA) is 8.17 Å². The fourth-order valence-corrected chi connectivity index (χ4v) is 8.56. The van der Waals surface area contributed by atoms with E-state index in [9.17, 15) is 0 Å². The van der Waals surface area contributed by atoms with Crippen molar-refractivity contribution in [2.75, 3.05) is 4.90 Å². The van der Waals surface area contributed by atoms with Gasteiger partial charge in [-0.25, -0.2) is 0 Å². The highest BCUT2D eigenvalue weighted by Crippen LogP contribution is 2.51. The molecule has 1 heterocycles. The van der Waals surface area contributed by atoms with Crippen LogP contribution < -0.4 is 4.90 Å². The second kappa shape index (κ2) is 11.3. The lowest BCUT2D eigenvalue weighted by Crippen LogP contribution is -2.15. The Bertz CT molecular complexity index is 2770. The second-order valence-electron chi connectivity index (χ2n) is 14.2. The van der Waals surface area contributed by atoms with Crippen molar-refractivity contribution < 1.29 is 0 Å². The van der Waals surface area contributed by atoms with Crippen molar-refractivity contribution in [2.45, 2.75) is 19.3 Å². The molecule has 2 heteroatoms. The monoisotopic (exact) mass is 652 g/mol. The summed E-state index contributed by atoms with van der Waals surface area (Å²) in [5.74, 6) is 0. The van der Waals surface area contributed by atoms with Crippen LogP contribution in [-0.2, 0) is 5.41 Å². The van der Waals surface area contributed by atoms with E-state index < -0.39 is 0 Å². The number of para-hydroxylation sites is 2. The summed E-state index contributed by atoms with van der Waals surface area (Å²) in [6, 6.07) is 66.6. The van der Waals surface area contributed by atoms with Gasteiger partial charge in [0, 0.05) is 44.2 Å². The van der Waals surface area contributed by atoms with E-state index >= 15 is 0 Å². The summed E-state index contributed by atoms with van der Waals surface area (Å²) in [4.78, 5) is 2.46. The van der Waals surface area contributed by atoms with E-state index in [2.05, 4.69) is 205 Å². The first-order chi connectivity index (χ1) is 25.1. The number of anilines is 3. The second-order valence-corrected chi connectivity index (χ2v) is 14.2. The zero-order valence-corrected chi connectivity index (χ0v) is 28.7. The molecular weight excluding hydrogens is 617 g/mol. The molecule has 0 amide bonds. The molecule has 0 aliphatic heterocycles. The van der Waals surface area contributed by atoms with Gasteiger partial charge in [-0.3, -0.25) is 0 Å². The molecule has 1 aromatic heterocycles. The molecule has 9 aromatic rings. The Kier molecular flexibility index (Phi) is 6.56. The van der Waals surface area contributed by atoms with Crippen LogP contribution in [0.3, 0.4) is 0 Å². The van der Waals surface area contributed by atoms with Gasteiger partial charge in [-0.15, -0.1) is 0 Å². The molecule has 0 atom stereocenters. The van der Waals surface area contributed by atoms with Gasteiger partial charge in [-0.1, -0.05) is 147 Å². The fraction of sp³-hybridized carbons (Fsp3) is 0.0612. The molecule has 2 nitrogen and oxygen atoms in total. The quantitative estimate of drug-likeness (QED) is 0.180. The number of benzene rings is 8. The minimum absolute atomic E-state index is 0.0574. The summed E-state index contributed by atoms with van der Waals surface area (Å²) >= 11 is 0. The van der Waals surface area contributed by atoms with Crippen LogP contribution in [0.1, 0.15) is 25.0 Å². The fourth-order valence-electron chi connectivity index (χ4n) is 8.56. The van der Waals surface area contributed by atoms with Crippen molar-refractivity contribution in [2.24, 2.45) is 0 Å². The molecule has 0 N–H and O–H groups in total. The van der Waals surface area contributed by atoms with Crippen LogP contribution in [0, 0.1) is 0 Å². The molecular formula is C49H36N2. The van der Waals surface area contributed by atoms with Crippen molar-refractivity contribution in [3.8, 4) is 27.9 Å². The SMILES string of the molecule is CC1(C)c2ccccc2-c2cc(N(c3ccc4c(c3)c3ccc5ccccc5c3n4-c3ccccc3)c3ccccc3-c3ccccc3)ccc21. The van der Waals surface area contributed by atoms with Crippen LogP contribution in [0.15, 0.2) is 182 Å². The van der Waals surface area contributed by atoms with Gasteiger partial charge in [-0.05, 0) is 81.7 Å². The van der Waals surface area contributed by atoms with Crippen molar-refractivity contribution in [1.82, 2.24) is 4.57 Å². The van der Waals surface area contributed by atoms with Crippen LogP contribution in [0.5, 0.6) is 0 Å². The number of aromatic nitrogens is 1. The summed E-state index contributed by atoms with van der Waals surface area (Å²) in [5.41, 5.74) is 14.7. The van der Waals surface area contributed by atoms with E-state index in [1.165, 1.54) is 66.0 Å². The van der Waals surface area contributed by atoms with Crippen LogP contribution in [0.4, 0.5) is 17.1 Å². The summed E-state index contributed by atoms with van der Waals surface area (Å²) in [5, 5.41) is 4.97. The molecule has 0 unspecified atom stereocenters. The lowest BCUT2D eigenvalue weighted by atomic mass is 9.82. The molecule has 0 fully saturated rings. The summed E-state index contributed by atoms with van der Waals surface area (Å²) < 4.78 is 2.44. The minimum Gasteiger partial charge on any atom is -0.310 e. The summed E-state index contributed by atoms with van der Waals surface area (Å²) in [6.07, 6.45) is 0. The van der Waals surface area contributed by atoms with Crippen LogP contribution in [-0.4, -0.2) is 4.57 Å². The standard InChI is InChI=1S/C49H36N2/c1-49(2)44-23-13-11-22-40(44)42-31-36(26-29-45(42)49)50(46-24-14-12-20-38(46)33-15-5-3-6-16-33)37-27-30-47-43(32-37)41-28-25-34-17-9-10-21-39(34)48(41)51(47)35-18-7-4-8-19-35/h3-32H,1-2H3. The summed E-state index contributed by atoms with van der Waals surface area (Å²) in [7, 11) is 0. The predicted molar refractivity (Wildman–Crippen MR) is 216 cm³/mol. The molecule has 0 saturated carbocycles. The van der Waals surface area contributed by atoms with E-state index in [1.54, 1.807) is 0 Å². The smallest absolute Gasteiger partial charge is 0.0619 e. The Hall–Kier alpha value is -6.38. The number of nitrogens with zero attached hydrogens (tertiary/aromatic N) is 2. The molecule has 0 bridgehead atoms. The van der Waals surface area contributed by atoms with E-state index in [-0.39, 0.29) is 5.41 Å². The minimum atomic E-state index is -0.0574. The van der Waals surface area contributed by atoms with Crippen LogP contribution in [0.2, 0.25) is 0 Å². The van der Waals surface area contributed by atoms with Crippen molar-refractivity contribution >= 4 is 49.6 Å². The van der Waals surface area contributed by atoms with E-state index in [4.69, 9.17) is 0 Å². The van der Waals surface area contributed by atoms with Gasteiger partial charge in [0.2, 0.25) is 0 Å². The highest BCUT2D eigenvalue weighted by Gasteiger charge is 2.35. The number of hydrogen-bond donors (Lipinski definition) is 0. The van der Waals surface area contributed by atoms with Gasteiger partial charge >= 0.3 is 0 Å². The van der Waals surface area contributed by atoms with Crippen molar-refractivity contribution in [3.63, 3.8) is 0 Å². The number of hydrogen-bond acceptors (Lipinski definition) is 1. The third-order valence-electron chi connectivity index (χ3n) is 11.0. The van der Waals surface area contributed by atoms with Crippen LogP contribution >= 0.6 is 0 Å². The highest BCUT2D eigenvalue weighted by atomic mass is 15.1. The lowest BCUT2D eigenvalue weighted by Gasteiger charge is -2.29. The van der Waals surface area contributed by atoms with E-state index in [1.807, 2.05) is 0 Å². The largest absolute Gasteiger partial charge is 0.310 e. The van der Waals surface area contributed by atoms with E-state index in [0.717, 1.165) is 22.7 Å². The third-order valence-corrected chi connectivity index (χ3v) is 11.0. The molecule has 0 saturated heterocycles. The molecule has 1 aliphatic carbocycles. The lowest BCUT2D eigenvalue weighted by molar-refractivity contribution is 0.660. The maximum absolute atomic E-state index is 2.46. The third kappa shape index (κ3) is 4.50. The van der Waals surface area contributed by atoms with Gasteiger partial charge in [0.1, 0.15) is 0 Å².